The highest BCUT2D eigenvalue weighted by atomic mass is 32.2. The SMILES string of the molecule is CN(C)C(=O)c1ccc(NN)cc1S(=O)(=O)NC(C)(C)C. The van der Waals surface area contributed by atoms with E-state index in [1.54, 1.807) is 40.9 Å². The Morgan fingerprint density at radius 3 is 2.24 bits per heavy atom. The summed E-state index contributed by atoms with van der Waals surface area (Å²) in [5, 5.41) is 0. The standard InChI is InChI=1S/C13H22N4O3S/c1-13(2,3)16-21(19,20)11-8-9(15-14)6-7-10(11)12(18)17(4)5/h6-8,15-16H,14H2,1-5H3. The van der Waals surface area contributed by atoms with E-state index in [1.807, 2.05) is 0 Å². The van der Waals surface area contributed by atoms with E-state index in [1.165, 1.54) is 17.0 Å². The Labute approximate surface area is 125 Å². The van der Waals surface area contributed by atoms with Crippen molar-refractivity contribution in [2.75, 3.05) is 19.5 Å². The molecule has 0 aliphatic heterocycles. The molecule has 4 N–H and O–H groups in total. The highest BCUT2D eigenvalue weighted by Crippen LogP contribution is 2.22. The summed E-state index contributed by atoms with van der Waals surface area (Å²) in [6.45, 7) is 5.18. The minimum Gasteiger partial charge on any atom is -0.345 e. The number of nitrogens with zero attached hydrogens (tertiary/aromatic N) is 1. The van der Waals surface area contributed by atoms with Crippen LogP contribution in [0, 0.1) is 0 Å². The third-order valence-electron chi connectivity index (χ3n) is 2.51. The summed E-state index contributed by atoms with van der Waals surface area (Å²) >= 11 is 0. The molecule has 0 aliphatic rings. The zero-order chi connectivity index (χ0) is 16.4. The van der Waals surface area contributed by atoms with Crippen LogP contribution < -0.4 is 16.0 Å². The summed E-state index contributed by atoms with van der Waals surface area (Å²) in [5.41, 5.74) is 2.21. The Hall–Kier alpha value is -1.64. The number of nitrogen functional groups attached to an aromatic ring is 1. The number of hydrogen-bond acceptors (Lipinski definition) is 5. The molecule has 7 nitrogen and oxygen atoms in total. The molecule has 0 saturated carbocycles. The number of nitrogens with two attached hydrogens (primary N) is 1. The quantitative estimate of drug-likeness (QED) is 0.562. The van der Waals surface area contributed by atoms with Gasteiger partial charge in [0.2, 0.25) is 10.0 Å². The molecule has 0 atom stereocenters. The van der Waals surface area contributed by atoms with Crippen molar-refractivity contribution < 1.29 is 13.2 Å². The number of carbonyl (C=O) groups is 1. The number of hydrazine groups is 1. The number of anilines is 1. The van der Waals surface area contributed by atoms with E-state index >= 15 is 0 Å². The predicted octanol–water partition coefficient (Wildman–Crippen LogP) is 0.751. The molecule has 0 heterocycles. The molecule has 0 unspecified atom stereocenters. The second-order valence-electron chi connectivity index (χ2n) is 5.91. The monoisotopic (exact) mass is 314 g/mol. The Kier molecular flexibility index (Phi) is 4.98. The summed E-state index contributed by atoms with van der Waals surface area (Å²) in [6.07, 6.45) is 0. The summed E-state index contributed by atoms with van der Waals surface area (Å²) in [6, 6.07) is 4.33. The van der Waals surface area contributed by atoms with Crippen molar-refractivity contribution in [3.05, 3.63) is 23.8 Å². The van der Waals surface area contributed by atoms with E-state index in [2.05, 4.69) is 10.1 Å². The maximum atomic E-state index is 12.5. The van der Waals surface area contributed by atoms with Crippen molar-refractivity contribution in [3.63, 3.8) is 0 Å². The lowest BCUT2D eigenvalue weighted by molar-refractivity contribution is 0.0824. The van der Waals surface area contributed by atoms with Crippen LogP contribution in [0.4, 0.5) is 5.69 Å². The lowest BCUT2D eigenvalue weighted by Gasteiger charge is -2.22. The number of hydrogen-bond donors (Lipinski definition) is 3. The van der Waals surface area contributed by atoms with Crippen LogP contribution in [0.1, 0.15) is 31.1 Å². The molecule has 1 amide bonds. The van der Waals surface area contributed by atoms with Gasteiger partial charge < -0.3 is 10.3 Å². The van der Waals surface area contributed by atoms with E-state index < -0.39 is 21.5 Å². The summed E-state index contributed by atoms with van der Waals surface area (Å²) in [7, 11) is -0.732. The van der Waals surface area contributed by atoms with E-state index in [0.29, 0.717) is 5.69 Å². The van der Waals surface area contributed by atoms with Crippen molar-refractivity contribution in [2.45, 2.75) is 31.2 Å². The van der Waals surface area contributed by atoms with Crippen LogP contribution in [-0.4, -0.2) is 38.9 Å². The van der Waals surface area contributed by atoms with Gasteiger partial charge in [0, 0.05) is 25.3 Å². The normalized spacial score (nSPS) is 12.1. The van der Waals surface area contributed by atoms with Crippen LogP contribution in [0.3, 0.4) is 0 Å². The predicted molar refractivity (Wildman–Crippen MR) is 82.3 cm³/mol. The molecule has 0 fully saturated rings. The summed E-state index contributed by atoms with van der Waals surface area (Å²) < 4.78 is 27.6. The zero-order valence-electron chi connectivity index (χ0n) is 12.9. The molecule has 0 spiro atoms. The molecule has 0 saturated heterocycles. The first-order valence-corrected chi connectivity index (χ1v) is 7.82. The first-order valence-electron chi connectivity index (χ1n) is 6.34. The van der Waals surface area contributed by atoms with E-state index in [4.69, 9.17) is 5.84 Å². The number of sulfonamides is 1. The first-order chi connectivity index (χ1) is 9.48. The lowest BCUT2D eigenvalue weighted by atomic mass is 10.1. The largest absolute Gasteiger partial charge is 0.345 e. The summed E-state index contributed by atoms with van der Waals surface area (Å²) in [4.78, 5) is 13.4. The number of carbonyl (C=O) groups excluding carboxylic acids is 1. The summed E-state index contributed by atoms with van der Waals surface area (Å²) in [5.74, 6) is 4.92. The van der Waals surface area contributed by atoms with Gasteiger partial charge in [-0.25, -0.2) is 13.1 Å². The molecule has 0 aromatic heterocycles. The Bertz CT molecular complexity index is 633. The van der Waals surface area contributed by atoms with Gasteiger partial charge in [-0.05, 0) is 39.0 Å². The zero-order valence-corrected chi connectivity index (χ0v) is 13.7. The van der Waals surface area contributed by atoms with Gasteiger partial charge in [0.25, 0.3) is 5.91 Å². The van der Waals surface area contributed by atoms with Gasteiger partial charge in [-0.2, -0.15) is 0 Å². The molecule has 21 heavy (non-hydrogen) atoms. The third-order valence-corrected chi connectivity index (χ3v) is 4.31. The Morgan fingerprint density at radius 1 is 1.24 bits per heavy atom. The molecule has 1 aromatic rings. The maximum Gasteiger partial charge on any atom is 0.254 e. The minimum absolute atomic E-state index is 0.0933. The molecule has 1 rings (SSSR count). The van der Waals surface area contributed by atoms with Gasteiger partial charge in [-0.3, -0.25) is 10.6 Å². The molecular weight excluding hydrogens is 292 g/mol. The van der Waals surface area contributed by atoms with E-state index in [9.17, 15) is 13.2 Å². The minimum atomic E-state index is -3.85. The van der Waals surface area contributed by atoms with Crippen LogP contribution in [0.15, 0.2) is 23.1 Å². The van der Waals surface area contributed by atoms with Crippen molar-refractivity contribution in [2.24, 2.45) is 5.84 Å². The molecule has 1 aromatic carbocycles. The van der Waals surface area contributed by atoms with Gasteiger partial charge in [0.05, 0.1) is 10.5 Å². The average Bonchev–Trinajstić information content (AvgIpc) is 2.34. The van der Waals surface area contributed by atoms with Crippen molar-refractivity contribution >= 4 is 21.6 Å². The molecule has 8 heteroatoms. The van der Waals surface area contributed by atoms with Gasteiger partial charge in [-0.15, -0.1) is 0 Å². The Morgan fingerprint density at radius 2 is 1.81 bits per heavy atom. The van der Waals surface area contributed by atoms with Crippen LogP contribution in [-0.2, 0) is 10.0 Å². The second kappa shape index (κ2) is 6.00. The average molecular weight is 314 g/mol. The molecule has 0 bridgehead atoms. The van der Waals surface area contributed by atoms with Gasteiger partial charge in [0.15, 0.2) is 0 Å². The molecule has 118 valence electrons. The third kappa shape index (κ3) is 4.42. The van der Waals surface area contributed by atoms with Crippen LogP contribution in [0.5, 0.6) is 0 Å². The molecule has 0 radical (unpaired) electrons. The number of amides is 1. The fourth-order valence-corrected chi connectivity index (χ4v) is 3.35. The van der Waals surface area contributed by atoms with Gasteiger partial charge in [0.1, 0.15) is 0 Å². The number of rotatable bonds is 4. The first kappa shape index (κ1) is 17.4. The van der Waals surface area contributed by atoms with E-state index in [0.717, 1.165) is 0 Å². The topological polar surface area (TPSA) is 105 Å². The molecule has 0 aliphatic carbocycles. The van der Waals surface area contributed by atoms with Crippen LogP contribution in [0.2, 0.25) is 0 Å². The van der Waals surface area contributed by atoms with Crippen molar-refractivity contribution in [3.8, 4) is 0 Å². The highest BCUT2D eigenvalue weighted by molar-refractivity contribution is 7.89. The fraction of sp³-hybridized carbons (Fsp3) is 0.462. The fourth-order valence-electron chi connectivity index (χ4n) is 1.71. The highest BCUT2D eigenvalue weighted by Gasteiger charge is 2.27. The van der Waals surface area contributed by atoms with Crippen molar-refractivity contribution in [1.29, 1.82) is 0 Å². The smallest absolute Gasteiger partial charge is 0.254 e. The molecular formula is C13H22N4O3S. The van der Waals surface area contributed by atoms with Gasteiger partial charge in [-0.1, -0.05) is 0 Å². The van der Waals surface area contributed by atoms with E-state index in [-0.39, 0.29) is 10.5 Å². The lowest BCUT2D eigenvalue weighted by Crippen LogP contribution is -2.41. The maximum absolute atomic E-state index is 12.5. The number of benzene rings is 1. The van der Waals surface area contributed by atoms with Crippen molar-refractivity contribution in [1.82, 2.24) is 9.62 Å². The second-order valence-corrected chi connectivity index (χ2v) is 7.56. The Balaban J connectivity index is 3.47. The van der Waals surface area contributed by atoms with Crippen LogP contribution >= 0.6 is 0 Å². The van der Waals surface area contributed by atoms with Gasteiger partial charge >= 0.3 is 0 Å². The number of nitrogens with one attached hydrogen (secondary N) is 2. The van der Waals surface area contributed by atoms with Crippen LogP contribution in [0.25, 0.3) is 0 Å².